The average molecular weight is 252 g/mol. The minimum atomic E-state index is -0.305. The van der Waals surface area contributed by atoms with Crippen molar-refractivity contribution >= 4 is 13.1 Å². The van der Waals surface area contributed by atoms with Crippen LogP contribution in [0.25, 0.3) is 0 Å². The number of allylic oxidation sites excluding steroid dienone is 1. The summed E-state index contributed by atoms with van der Waals surface area (Å²) in [5.41, 5.74) is 0.601. The van der Waals surface area contributed by atoms with Crippen molar-refractivity contribution < 1.29 is 18.8 Å². The fraction of sp³-hybridized carbons (Fsp3) is 0.769. The Balaban J connectivity index is 1.92. The largest absolute Gasteiger partial charge is 0.487 e. The van der Waals surface area contributed by atoms with E-state index in [4.69, 9.17) is 14.0 Å². The fourth-order valence-electron chi connectivity index (χ4n) is 2.19. The Bertz CT molecular complexity index is 362. The number of hydrogen-bond acceptors (Lipinski definition) is 4. The highest BCUT2D eigenvalue weighted by molar-refractivity contribution is 6.51. The Morgan fingerprint density at radius 2 is 1.78 bits per heavy atom. The van der Waals surface area contributed by atoms with Crippen LogP contribution in [0.4, 0.5) is 0 Å². The lowest BCUT2D eigenvalue weighted by molar-refractivity contribution is -0.146. The van der Waals surface area contributed by atoms with E-state index in [2.05, 4.69) is 0 Å². The SMILES string of the molecule is COC(=O)C1CC(=CB2OC(C)(C)C(C)(C)O2)C1. The Morgan fingerprint density at radius 1 is 1.28 bits per heavy atom. The summed E-state index contributed by atoms with van der Waals surface area (Å²) in [6, 6.07) is 0. The second kappa shape index (κ2) is 4.39. The van der Waals surface area contributed by atoms with Gasteiger partial charge in [0.25, 0.3) is 0 Å². The van der Waals surface area contributed by atoms with Crippen molar-refractivity contribution in [2.45, 2.75) is 51.7 Å². The van der Waals surface area contributed by atoms with Gasteiger partial charge in [-0.2, -0.15) is 0 Å². The maximum absolute atomic E-state index is 11.3. The standard InChI is InChI=1S/C13H21BO4/c1-12(2)13(3,4)18-14(17-12)8-9-6-10(7-9)11(15)16-5/h8,10H,6-7H2,1-5H3. The van der Waals surface area contributed by atoms with Gasteiger partial charge in [0.1, 0.15) is 0 Å². The van der Waals surface area contributed by atoms with E-state index in [0.29, 0.717) is 0 Å². The van der Waals surface area contributed by atoms with Crippen LogP contribution in [0.2, 0.25) is 0 Å². The molecular formula is C13H21BO4. The van der Waals surface area contributed by atoms with Crippen LogP contribution in [0.1, 0.15) is 40.5 Å². The third-order valence-corrected chi connectivity index (χ3v) is 4.19. The smallest absolute Gasteiger partial charge is 0.469 e. The number of carbonyl (C=O) groups excluding carboxylic acids is 1. The van der Waals surface area contributed by atoms with Crippen LogP contribution >= 0.6 is 0 Å². The van der Waals surface area contributed by atoms with Gasteiger partial charge in [-0.3, -0.25) is 4.79 Å². The molecule has 0 radical (unpaired) electrons. The molecule has 0 aromatic heterocycles. The monoisotopic (exact) mass is 252 g/mol. The van der Waals surface area contributed by atoms with Gasteiger partial charge in [-0.05, 0) is 40.5 Å². The number of rotatable bonds is 2. The zero-order valence-electron chi connectivity index (χ0n) is 11.8. The second-order valence-electron chi connectivity index (χ2n) is 6.08. The van der Waals surface area contributed by atoms with Crippen molar-refractivity contribution in [1.29, 1.82) is 0 Å². The van der Waals surface area contributed by atoms with Gasteiger partial charge in [0.15, 0.2) is 0 Å². The van der Waals surface area contributed by atoms with Crippen LogP contribution in [-0.4, -0.2) is 31.4 Å². The van der Waals surface area contributed by atoms with Crippen molar-refractivity contribution in [2.24, 2.45) is 5.92 Å². The first-order chi connectivity index (χ1) is 8.25. The summed E-state index contributed by atoms with van der Waals surface area (Å²) in [7, 11) is 1.13. The Labute approximate surface area is 109 Å². The van der Waals surface area contributed by atoms with Crippen molar-refractivity contribution in [3.8, 4) is 0 Å². The highest BCUT2D eigenvalue weighted by Crippen LogP contribution is 2.39. The van der Waals surface area contributed by atoms with Gasteiger partial charge in [0, 0.05) is 0 Å². The highest BCUT2D eigenvalue weighted by Gasteiger charge is 2.50. The van der Waals surface area contributed by atoms with Gasteiger partial charge >= 0.3 is 13.1 Å². The molecule has 2 aliphatic rings. The van der Waals surface area contributed by atoms with Crippen LogP contribution in [0.3, 0.4) is 0 Å². The van der Waals surface area contributed by atoms with Gasteiger partial charge < -0.3 is 14.0 Å². The average Bonchev–Trinajstić information content (AvgIpc) is 2.39. The molecule has 4 nitrogen and oxygen atoms in total. The molecule has 0 atom stereocenters. The van der Waals surface area contributed by atoms with Crippen LogP contribution in [0.5, 0.6) is 0 Å². The maximum Gasteiger partial charge on any atom is 0.487 e. The molecule has 1 aliphatic carbocycles. The number of esters is 1. The summed E-state index contributed by atoms with van der Waals surface area (Å²) in [5.74, 6) is 1.89. The Morgan fingerprint density at radius 3 is 2.22 bits per heavy atom. The normalized spacial score (nSPS) is 28.8. The lowest BCUT2D eigenvalue weighted by Crippen LogP contribution is -2.41. The Kier molecular flexibility index (Phi) is 3.32. The highest BCUT2D eigenvalue weighted by atomic mass is 16.7. The van der Waals surface area contributed by atoms with E-state index in [1.807, 2.05) is 33.7 Å². The van der Waals surface area contributed by atoms with Crippen LogP contribution in [0.15, 0.2) is 11.5 Å². The zero-order valence-corrected chi connectivity index (χ0v) is 11.8. The molecule has 1 saturated carbocycles. The van der Waals surface area contributed by atoms with E-state index >= 15 is 0 Å². The molecule has 18 heavy (non-hydrogen) atoms. The third-order valence-electron chi connectivity index (χ3n) is 4.19. The van der Waals surface area contributed by atoms with E-state index in [0.717, 1.165) is 12.8 Å². The fourth-order valence-corrected chi connectivity index (χ4v) is 2.19. The second-order valence-corrected chi connectivity index (χ2v) is 6.08. The quantitative estimate of drug-likeness (QED) is 0.557. The molecule has 0 bridgehead atoms. The minimum absolute atomic E-state index is 0.0173. The maximum atomic E-state index is 11.3. The Hall–Kier alpha value is -0.805. The number of ether oxygens (including phenoxy) is 1. The molecule has 0 spiro atoms. The molecule has 1 saturated heterocycles. The van der Waals surface area contributed by atoms with E-state index in [1.54, 1.807) is 0 Å². The van der Waals surface area contributed by atoms with Crippen molar-refractivity contribution in [2.75, 3.05) is 7.11 Å². The summed E-state index contributed by atoms with van der Waals surface area (Å²) in [5, 5.41) is 0. The molecule has 0 aromatic rings. The van der Waals surface area contributed by atoms with Gasteiger partial charge in [0.2, 0.25) is 0 Å². The summed E-state index contributed by atoms with van der Waals surface area (Å²) in [6.07, 6.45) is 1.52. The van der Waals surface area contributed by atoms with Gasteiger partial charge in [0.05, 0.1) is 24.2 Å². The molecule has 1 aliphatic heterocycles. The van der Waals surface area contributed by atoms with Gasteiger partial charge in [-0.1, -0.05) is 11.5 Å². The number of methoxy groups -OCH3 is 1. The lowest BCUT2D eigenvalue weighted by Gasteiger charge is -2.32. The first kappa shape index (κ1) is 13.6. The van der Waals surface area contributed by atoms with E-state index in [9.17, 15) is 4.79 Å². The van der Waals surface area contributed by atoms with Gasteiger partial charge in [-0.15, -0.1) is 0 Å². The first-order valence-corrected chi connectivity index (χ1v) is 6.38. The molecule has 2 rings (SSSR count). The third kappa shape index (κ3) is 2.34. The number of carbonyl (C=O) groups is 1. The molecule has 1 heterocycles. The molecule has 100 valence electrons. The van der Waals surface area contributed by atoms with E-state index < -0.39 is 0 Å². The summed E-state index contributed by atoms with van der Waals surface area (Å²) in [4.78, 5) is 11.3. The predicted octanol–water partition coefficient (Wildman–Crippen LogP) is 2.13. The minimum Gasteiger partial charge on any atom is -0.469 e. The molecule has 0 N–H and O–H groups in total. The molecular weight excluding hydrogens is 231 g/mol. The van der Waals surface area contributed by atoms with E-state index in [-0.39, 0.29) is 30.2 Å². The van der Waals surface area contributed by atoms with E-state index in [1.165, 1.54) is 12.7 Å². The molecule has 5 heteroatoms. The summed E-state index contributed by atoms with van der Waals surface area (Å²) >= 11 is 0. The molecule has 0 unspecified atom stereocenters. The predicted molar refractivity (Wildman–Crippen MR) is 68.9 cm³/mol. The zero-order chi connectivity index (χ0) is 13.6. The van der Waals surface area contributed by atoms with Crippen LogP contribution < -0.4 is 0 Å². The van der Waals surface area contributed by atoms with Crippen molar-refractivity contribution in [1.82, 2.24) is 0 Å². The summed E-state index contributed by atoms with van der Waals surface area (Å²) < 4.78 is 16.5. The first-order valence-electron chi connectivity index (χ1n) is 6.38. The topological polar surface area (TPSA) is 44.8 Å². The van der Waals surface area contributed by atoms with Gasteiger partial charge in [-0.25, -0.2) is 0 Å². The van der Waals surface area contributed by atoms with Crippen LogP contribution in [-0.2, 0) is 18.8 Å². The lowest BCUT2D eigenvalue weighted by atomic mass is 9.74. The molecule has 0 aromatic carbocycles. The van der Waals surface area contributed by atoms with Crippen molar-refractivity contribution in [3.05, 3.63) is 11.5 Å². The molecule has 2 fully saturated rings. The summed E-state index contributed by atoms with van der Waals surface area (Å²) in [6.45, 7) is 8.13. The molecule has 0 amide bonds. The van der Waals surface area contributed by atoms with Crippen LogP contribution in [0, 0.1) is 5.92 Å². The van der Waals surface area contributed by atoms with Crippen molar-refractivity contribution in [3.63, 3.8) is 0 Å². The number of hydrogen-bond donors (Lipinski definition) is 0.